The molecule has 0 atom stereocenters. The first-order valence-corrected chi connectivity index (χ1v) is 6.68. The molecule has 19 heavy (non-hydrogen) atoms. The molecule has 2 rings (SSSR count). The number of rotatable bonds is 3. The summed E-state index contributed by atoms with van der Waals surface area (Å²) in [6, 6.07) is 11.3. The Labute approximate surface area is 123 Å². The highest BCUT2D eigenvalue weighted by atomic mass is 79.9. The van der Waals surface area contributed by atoms with Gasteiger partial charge in [-0.1, -0.05) is 15.9 Å². The standard InChI is InChI=1S/C14H8BrClFNO/c15-11-2-4-14(10(5-11)7-16)19-12-3-1-9(8-18)13(17)6-12/h1-6H,7H2. The Morgan fingerprint density at radius 3 is 2.68 bits per heavy atom. The first-order valence-electron chi connectivity index (χ1n) is 5.36. The highest BCUT2D eigenvalue weighted by Crippen LogP contribution is 2.29. The normalized spacial score (nSPS) is 10.0. The second-order valence-electron chi connectivity index (χ2n) is 3.74. The first kappa shape index (κ1) is 13.9. The fourth-order valence-corrected chi connectivity index (χ4v) is 2.15. The average Bonchev–Trinajstić information content (AvgIpc) is 2.41. The van der Waals surface area contributed by atoms with Gasteiger partial charge in [-0.15, -0.1) is 11.6 Å². The van der Waals surface area contributed by atoms with Gasteiger partial charge in [0.1, 0.15) is 23.4 Å². The molecule has 0 fully saturated rings. The zero-order valence-corrected chi connectivity index (χ0v) is 12.0. The van der Waals surface area contributed by atoms with Crippen LogP contribution >= 0.6 is 27.5 Å². The van der Waals surface area contributed by atoms with Gasteiger partial charge in [-0.25, -0.2) is 4.39 Å². The number of halogens is 3. The molecule has 0 radical (unpaired) electrons. The van der Waals surface area contributed by atoms with Crippen LogP contribution in [0.3, 0.4) is 0 Å². The molecule has 0 spiro atoms. The lowest BCUT2D eigenvalue weighted by Gasteiger charge is -2.10. The van der Waals surface area contributed by atoms with Crippen molar-refractivity contribution in [2.75, 3.05) is 0 Å². The Balaban J connectivity index is 2.31. The molecule has 0 aliphatic heterocycles. The topological polar surface area (TPSA) is 33.0 Å². The summed E-state index contributed by atoms with van der Waals surface area (Å²) < 4.78 is 19.9. The van der Waals surface area contributed by atoms with Crippen LogP contribution in [0.5, 0.6) is 11.5 Å². The summed E-state index contributed by atoms with van der Waals surface area (Å²) in [5, 5.41) is 8.66. The Bertz CT molecular complexity index is 654. The van der Waals surface area contributed by atoms with E-state index in [-0.39, 0.29) is 11.4 Å². The number of hydrogen-bond acceptors (Lipinski definition) is 2. The summed E-state index contributed by atoms with van der Waals surface area (Å²) in [5.74, 6) is 0.560. The fraction of sp³-hybridized carbons (Fsp3) is 0.0714. The van der Waals surface area contributed by atoms with Crippen molar-refractivity contribution in [2.24, 2.45) is 0 Å². The van der Waals surface area contributed by atoms with E-state index < -0.39 is 5.82 Å². The van der Waals surface area contributed by atoms with E-state index in [0.717, 1.165) is 10.0 Å². The predicted molar refractivity (Wildman–Crippen MR) is 74.9 cm³/mol. The third kappa shape index (κ3) is 3.25. The summed E-state index contributed by atoms with van der Waals surface area (Å²) >= 11 is 9.17. The van der Waals surface area contributed by atoms with Gasteiger partial charge in [0.05, 0.1) is 11.4 Å². The molecule has 0 aliphatic rings. The van der Waals surface area contributed by atoms with Crippen LogP contribution in [0.15, 0.2) is 40.9 Å². The summed E-state index contributed by atoms with van der Waals surface area (Å²) in [6.45, 7) is 0. The van der Waals surface area contributed by atoms with Gasteiger partial charge in [0.2, 0.25) is 0 Å². The SMILES string of the molecule is N#Cc1ccc(Oc2ccc(Br)cc2CCl)cc1F. The average molecular weight is 341 g/mol. The van der Waals surface area contributed by atoms with Crippen molar-refractivity contribution < 1.29 is 9.13 Å². The van der Waals surface area contributed by atoms with Crippen LogP contribution in [0.2, 0.25) is 0 Å². The molecule has 2 aromatic carbocycles. The third-order valence-electron chi connectivity index (χ3n) is 2.46. The van der Waals surface area contributed by atoms with Gasteiger partial charge >= 0.3 is 0 Å². The van der Waals surface area contributed by atoms with Crippen molar-refractivity contribution in [2.45, 2.75) is 5.88 Å². The molecular formula is C14H8BrClFNO. The molecule has 0 unspecified atom stereocenters. The lowest BCUT2D eigenvalue weighted by atomic mass is 10.2. The number of nitrogens with zero attached hydrogens (tertiary/aromatic N) is 1. The number of hydrogen-bond donors (Lipinski definition) is 0. The van der Waals surface area contributed by atoms with Crippen molar-refractivity contribution >= 4 is 27.5 Å². The van der Waals surface area contributed by atoms with Gasteiger partial charge in [-0.2, -0.15) is 5.26 Å². The van der Waals surface area contributed by atoms with Crippen molar-refractivity contribution in [3.63, 3.8) is 0 Å². The molecule has 0 saturated carbocycles. The van der Waals surface area contributed by atoms with E-state index in [1.165, 1.54) is 12.1 Å². The van der Waals surface area contributed by atoms with Crippen molar-refractivity contribution in [3.8, 4) is 17.6 Å². The largest absolute Gasteiger partial charge is 0.457 e. The number of alkyl halides is 1. The maximum Gasteiger partial charge on any atom is 0.144 e. The van der Waals surface area contributed by atoms with Crippen LogP contribution in [0, 0.1) is 17.1 Å². The molecule has 0 saturated heterocycles. The van der Waals surface area contributed by atoms with E-state index in [0.29, 0.717) is 11.5 Å². The summed E-state index contributed by atoms with van der Waals surface area (Å²) in [6.07, 6.45) is 0. The molecule has 2 aromatic rings. The molecule has 0 aromatic heterocycles. The van der Waals surface area contributed by atoms with Crippen LogP contribution < -0.4 is 4.74 Å². The van der Waals surface area contributed by atoms with Crippen molar-refractivity contribution in [1.29, 1.82) is 5.26 Å². The summed E-state index contributed by atoms with van der Waals surface area (Å²) in [5.41, 5.74) is 0.779. The van der Waals surface area contributed by atoms with Crippen molar-refractivity contribution in [1.82, 2.24) is 0 Å². The molecule has 2 nitrogen and oxygen atoms in total. The quantitative estimate of drug-likeness (QED) is 0.737. The number of ether oxygens (including phenoxy) is 1. The molecule has 96 valence electrons. The van der Waals surface area contributed by atoms with Crippen molar-refractivity contribution in [3.05, 3.63) is 57.8 Å². The van der Waals surface area contributed by atoms with E-state index in [1.807, 2.05) is 12.1 Å². The highest BCUT2D eigenvalue weighted by Gasteiger charge is 2.08. The van der Waals surface area contributed by atoms with Gasteiger partial charge in [0.15, 0.2) is 0 Å². The Hall–Kier alpha value is -1.57. The van der Waals surface area contributed by atoms with E-state index >= 15 is 0 Å². The molecule has 0 amide bonds. The Morgan fingerprint density at radius 2 is 2.05 bits per heavy atom. The lowest BCUT2D eigenvalue weighted by molar-refractivity contribution is 0.472. The minimum absolute atomic E-state index is 0.0132. The van der Waals surface area contributed by atoms with Gasteiger partial charge in [-0.3, -0.25) is 0 Å². The second-order valence-corrected chi connectivity index (χ2v) is 4.92. The van der Waals surface area contributed by atoms with Gasteiger partial charge in [0, 0.05) is 16.1 Å². The monoisotopic (exact) mass is 339 g/mol. The summed E-state index contributed by atoms with van der Waals surface area (Å²) in [4.78, 5) is 0. The molecule has 0 aliphatic carbocycles. The fourth-order valence-electron chi connectivity index (χ4n) is 1.53. The van der Waals surface area contributed by atoms with Crippen LogP contribution in [0.25, 0.3) is 0 Å². The zero-order chi connectivity index (χ0) is 13.8. The maximum absolute atomic E-state index is 13.5. The Kier molecular flexibility index (Phi) is 4.41. The highest BCUT2D eigenvalue weighted by molar-refractivity contribution is 9.10. The van der Waals surface area contributed by atoms with Gasteiger partial charge in [0.25, 0.3) is 0 Å². The number of nitriles is 1. The second kappa shape index (κ2) is 6.05. The van der Waals surface area contributed by atoms with E-state index in [4.69, 9.17) is 21.6 Å². The predicted octanol–water partition coefficient (Wildman–Crippen LogP) is 4.99. The minimum Gasteiger partial charge on any atom is -0.457 e. The van der Waals surface area contributed by atoms with Gasteiger partial charge < -0.3 is 4.74 Å². The van der Waals surface area contributed by atoms with E-state index in [9.17, 15) is 4.39 Å². The maximum atomic E-state index is 13.5. The Morgan fingerprint density at radius 1 is 1.26 bits per heavy atom. The molecule has 0 heterocycles. The molecule has 5 heteroatoms. The van der Waals surface area contributed by atoms with E-state index in [2.05, 4.69) is 15.9 Å². The van der Waals surface area contributed by atoms with Gasteiger partial charge in [-0.05, 0) is 30.3 Å². The number of benzene rings is 2. The van der Waals surface area contributed by atoms with Crippen LogP contribution in [0.1, 0.15) is 11.1 Å². The van der Waals surface area contributed by atoms with E-state index in [1.54, 1.807) is 18.2 Å². The van der Waals surface area contributed by atoms with Crippen LogP contribution in [0.4, 0.5) is 4.39 Å². The molecule has 0 N–H and O–H groups in total. The third-order valence-corrected chi connectivity index (χ3v) is 3.24. The first-order chi connectivity index (χ1) is 9.13. The smallest absolute Gasteiger partial charge is 0.144 e. The zero-order valence-electron chi connectivity index (χ0n) is 9.66. The minimum atomic E-state index is -0.607. The molecular weight excluding hydrogens is 333 g/mol. The van der Waals surface area contributed by atoms with Crippen LogP contribution in [-0.4, -0.2) is 0 Å². The lowest BCUT2D eigenvalue weighted by Crippen LogP contribution is -1.91. The molecule has 0 bridgehead atoms. The van der Waals surface area contributed by atoms with Crippen LogP contribution in [-0.2, 0) is 5.88 Å². The summed E-state index contributed by atoms with van der Waals surface area (Å²) in [7, 11) is 0.